The van der Waals surface area contributed by atoms with Crippen molar-refractivity contribution in [2.24, 2.45) is 0 Å². The standard InChI is InChI=1S/C12H12BrNO2S.C12H13NO3S.CBr4/c1-10-2-4-12(5-3-10)17(15,16)14-7-6-11(8-13)9-14;1-10-2-4-12(5-3-10)17(15,16)13-7-6-11(8-13)9-14;2-1(3,4)5/h2-7,9H,8H2,1H3;2-8,14H,9H2,1H3;. The lowest BCUT2D eigenvalue weighted by molar-refractivity contribution is 0.282. The fourth-order valence-corrected chi connectivity index (χ4v) is 5.74. The van der Waals surface area contributed by atoms with Crippen molar-refractivity contribution >= 4 is 99.7 Å². The van der Waals surface area contributed by atoms with Crippen LogP contribution in [-0.2, 0) is 32.0 Å². The average Bonchev–Trinajstić information content (AvgIpc) is 3.55. The quantitative estimate of drug-likeness (QED) is 0.201. The molecule has 39 heavy (non-hydrogen) atoms. The van der Waals surface area contributed by atoms with Gasteiger partial charge in [-0.15, -0.1) is 0 Å². The number of alkyl halides is 5. The van der Waals surface area contributed by atoms with E-state index in [9.17, 15) is 16.8 Å². The molecule has 0 aliphatic rings. The third-order valence-corrected chi connectivity index (χ3v) is 8.93. The van der Waals surface area contributed by atoms with Crippen LogP contribution in [0, 0.1) is 13.8 Å². The van der Waals surface area contributed by atoms with E-state index >= 15 is 0 Å². The van der Waals surface area contributed by atoms with Gasteiger partial charge in [-0.1, -0.05) is 51.3 Å². The summed E-state index contributed by atoms with van der Waals surface area (Å²) in [5.74, 6) is 0. The number of aryl methyl sites for hydroxylation is 2. The maximum absolute atomic E-state index is 12.2. The van der Waals surface area contributed by atoms with Crippen LogP contribution in [0.5, 0.6) is 0 Å². The Kier molecular flexibility index (Phi) is 13.2. The van der Waals surface area contributed by atoms with Crippen LogP contribution in [0.4, 0.5) is 0 Å². The minimum atomic E-state index is -3.54. The first-order valence-corrected chi connectivity index (χ1v) is 18.2. The van der Waals surface area contributed by atoms with Crippen molar-refractivity contribution in [3.05, 3.63) is 108 Å². The van der Waals surface area contributed by atoms with Crippen LogP contribution < -0.4 is 0 Å². The van der Waals surface area contributed by atoms with Crippen molar-refractivity contribution in [1.82, 2.24) is 7.94 Å². The largest absolute Gasteiger partial charge is 0.392 e. The van der Waals surface area contributed by atoms with Gasteiger partial charge in [-0.3, -0.25) is 0 Å². The van der Waals surface area contributed by atoms with Gasteiger partial charge in [0.2, 0.25) is 0 Å². The summed E-state index contributed by atoms with van der Waals surface area (Å²) in [7, 11) is -6.99. The van der Waals surface area contributed by atoms with Gasteiger partial charge >= 0.3 is 0 Å². The molecule has 4 aromatic rings. The Morgan fingerprint density at radius 3 is 1.28 bits per heavy atom. The van der Waals surface area contributed by atoms with E-state index in [-0.39, 0.29) is 12.6 Å². The number of hydrogen-bond donors (Lipinski definition) is 1. The van der Waals surface area contributed by atoms with E-state index in [2.05, 4.69) is 79.6 Å². The number of rotatable bonds is 6. The van der Waals surface area contributed by atoms with Crippen molar-refractivity contribution in [1.29, 1.82) is 0 Å². The summed E-state index contributed by atoms with van der Waals surface area (Å²) in [6.07, 6.45) is 6.02. The molecule has 212 valence electrons. The first kappa shape index (κ1) is 34.5. The summed E-state index contributed by atoms with van der Waals surface area (Å²) < 4.78 is 50.9. The molecule has 0 atom stereocenters. The van der Waals surface area contributed by atoms with Gasteiger partial charge in [-0.05, 0) is 125 Å². The van der Waals surface area contributed by atoms with Gasteiger partial charge in [0.1, 0.15) is 0 Å². The van der Waals surface area contributed by atoms with E-state index in [0.717, 1.165) is 20.7 Å². The summed E-state index contributed by atoms with van der Waals surface area (Å²) in [4.78, 5) is 0.544. The van der Waals surface area contributed by atoms with Gasteiger partial charge in [0.15, 0.2) is 1.05 Å². The molecule has 0 saturated heterocycles. The summed E-state index contributed by atoms with van der Waals surface area (Å²) >= 11 is 15.8. The van der Waals surface area contributed by atoms with Crippen LogP contribution in [0.15, 0.2) is 95.2 Å². The van der Waals surface area contributed by atoms with Crippen molar-refractivity contribution in [2.45, 2.75) is 36.6 Å². The lowest BCUT2D eigenvalue weighted by Crippen LogP contribution is -2.10. The minimum Gasteiger partial charge on any atom is -0.392 e. The first-order chi connectivity index (χ1) is 18.1. The highest BCUT2D eigenvalue weighted by atomic mass is 80.0. The Hall–Kier alpha value is -0.740. The SMILES string of the molecule is BrC(Br)(Br)Br.Cc1ccc(S(=O)(=O)n2ccc(CBr)c2)cc1.Cc1ccc(S(=O)(=O)n2ccc(CO)c2)cc1. The van der Waals surface area contributed by atoms with E-state index in [4.69, 9.17) is 5.11 Å². The van der Waals surface area contributed by atoms with Crippen molar-refractivity contribution in [3.63, 3.8) is 0 Å². The smallest absolute Gasteiger partial charge is 0.267 e. The molecule has 0 unspecified atom stereocenters. The fraction of sp³-hybridized carbons (Fsp3) is 0.200. The number of aliphatic hydroxyl groups excluding tert-OH is 1. The first-order valence-electron chi connectivity index (χ1n) is 11.0. The number of nitrogens with zero attached hydrogens (tertiary/aromatic N) is 2. The lowest BCUT2D eigenvalue weighted by Gasteiger charge is -2.05. The van der Waals surface area contributed by atoms with E-state index in [1.165, 1.54) is 16.4 Å². The van der Waals surface area contributed by atoms with Crippen LogP contribution in [0.2, 0.25) is 0 Å². The molecule has 7 nitrogen and oxygen atoms in total. The molecule has 0 bridgehead atoms. The van der Waals surface area contributed by atoms with Gasteiger partial charge < -0.3 is 5.11 Å². The molecule has 2 aromatic heterocycles. The number of benzene rings is 2. The van der Waals surface area contributed by atoms with Crippen LogP contribution in [0.3, 0.4) is 0 Å². The highest BCUT2D eigenvalue weighted by molar-refractivity contribution is 9.52. The molecule has 0 amide bonds. The normalized spacial score (nSPS) is 11.7. The number of aliphatic hydroxyl groups is 1. The van der Waals surface area contributed by atoms with Crippen LogP contribution >= 0.6 is 79.6 Å². The molecule has 0 aliphatic heterocycles. The molecular weight excluding hydrogens is 872 g/mol. The monoisotopic (exact) mass is 892 g/mol. The average molecular weight is 897 g/mol. The zero-order chi connectivity index (χ0) is 29.4. The molecule has 2 heterocycles. The summed E-state index contributed by atoms with van der Waals surface area (Å²) in [6, 6.07) is 16.8. The molecule has 0 saturated carbocycles. The second kappa shape index (κ2) is 14.9. The molecule has 0 radical (unpaired) electrons. The van der Waals surface area contributed by atoms with Crippen LogP contribution in [0.25, 0.3) is 0 Å². The second-order valence-corrected chi connectivity index (χ2v) is 23.4. The van der Waals surface area contributed by atoms with Gasteiger partial charge in [-0.2, -0.15) is 0 Å². The van der Waals surface area contributed by atoms with Crippen LogP contribution in [-0.4, -0.2) is 30.9 Å². The van der Waals surface area contributed by atoms with Crippen molar-refractivity contribution < 1.29 is 21.9 Å². The molecule has 14 heteroatoms. The van der Waals surface area contributed by atoms with Crippen molar-refractivity contribution in [3.8, 4) is 0 Å². The maximum atomic E-state index is 12.2. The fourth-order valence-electron chi connectivity index (χ4n) is 2.97. The molecule has 2 aromatic carbocycles. The summed E-state index contributed by atoms with van der Waals surface area (Å²) in [6.45, 7) is 3.65. The Morgan fingerprint density at radius 2 is 1.00 bits per heavy atom. The molecular formula is C25H25Br5N2O5S2. The van der Waals surface area contributed by atoms with E-state index in [1.807, 2.05) is 13.8 Å². The Labute approximate surface area is 271 Å². The predicted octanol–water partition coefficient (Wildman–Crippen LogP) is 7.63. The van der Waals surface area contributed by atoms with Crippen LogP contribution in [0.1, 0.15) is 22.3 Å². The number of aromatic nitrogens is 2. The summed E-state index contributed by atoms with van der Waals surface area (Å²) in [5, 5.41) is 9.56. The molecule has 1 N–H and O–H groups in total. The predicted molar refractivity (Wildman–Crippen MR) is 173 cm³/mol. The second-order valence-electron chi connectivity index (χ2n) is 8.06. The Balaban J connectivity index is 0.000000234. The van der Waals surface area contributed by atoms with Crippen molar-refractivity contribution in [2.75, 3.05) is 0 Å². The Morgan fingerprint density at radius 1 is 0.667 bits per heavy atom. The molecule has 4 rings (SSSR count). The van der Waals surface area contributed by atoms with Gasteiger partial charge in [0, 0.05) is 30.1 Å². The van der Waals surface area contributed by atoms with Gasteiger partial charge in [-0.25, -0.2) is 24.8 Å². The highest BCUT2D eigenvalue weighted by Crippen LogP contribution is 2.39. The summed E-state index contributed by atoms with van der Waals surface area (Å²) in [5.41, 5.74) is 3.55. The maximum Gasteiger partial charge on any atom is 0.267 e. The Bertz CT molecular complexity index is 1440. The van der Waals surface area contributed by atoms with E-state index in [1.54, 1.807) is 73.1 Å². The minimum absolute atomic E-state index is 0.170. The van der Waals surface area contributed by atoms with E-state index < -0.39 is 20.0 Å². The molecule has 0 aliphatic carbocycles. The van der Waals surface area contributed by atoms with Gasteiger partial charge in [0.25, 0.3) is 20.0 Å². The highest BCUT2D eigenvalue weighted by Gasteiger charge is 2.17. The third kappa shape index (κ3) is 10.9. The number of hydrogen-bond acceptors (Lipinski definition) is 5. The third-order valence-electron chi connectivity index (χ3n) is 4.99. The number of halogens is 5. The van der Waals surface area contributed by atoms with Gasteiger partial charge in [0.05, 0.1) is 16.4 Å². The molecule has 0 fully saturated rings. The topological polar surface area (TPSA) is 98.4 Å². The van der Waals surface area contributed by atoms with E-state index in [0.29, 0.717) is 15.8 Å². The lowest BCUT2D eigenvalue weighted by atomic mass is 10.2. The zero-order valence-electron chi connectivity index (χ0n) is 20.7. The zero-order valence-corrected chi connectivity index (χ0v) is 30.2. The molecule has 0 spiro atoms.